The van der Waals surface area contributed by atoms with Crippen LogP contribution < -0.4 is 14.5 Å². The van der Waals surface area contributed by atoms with Gasteiger partial charge in [-0.05, 0) is 232 Å². The molecule has 0 fully saturated rings. The number of rotatable bonds is 24. The summed E-state index contributed by atoms with van der Waals surface area (Å²) in [6.07, 6.45) is 34.4. The van der Waals surface area contributed by atoms with E-state index < -0.39 is 34.1 Å². The van der Waals surface area contributed by atoms with Crippen molar-refractivity contribution in [2.45, 2.75) is 177 Å². The highest BCUT2D eigenvalue weighted by Crippen LogP contribution is 2.64. The summed E-state index contributed by atoms with van der Waals surface area (Å²) in [7, 11) is 0. The van der Waals surface area contributed by atoms with Gasteiger partial charge in [-0.1, -0.05) is 261 Å². The van der Waals surface area contributed by atoms with Gasteiger partial charge >= 0.3 is 0 Å². The summed E-state index contributed by atoms with van der Waals surface area (Å²) in [5, 5.41) is 0.884. The van der Waals surface area contributed by atoms with Crippen molar-refractivity contribution < 1.29 is 31.5 Å². The Balaban J connectivity index is 0.729. The Morgan fingerprint density at radius 1 is 0.565 bits per heavy atom. The lowest BCUT2D eigenvalue weighted by Gasteiger charge is -2.49. The lowest BCUT2D eigenvalue weighted by molar-refractivity contribution is 0.0834. The number of aryl methyl sites for hydroxylation is 2. The average molecular weight is 1530 g/mol. The van der Waals surface area contributed by atoms with Crippen LogP contribution in [0, 0.1) is 23.5 Å². The monoisotopic (exact) mass is 1530 g/mol. The fraction of sp³-hybridized carbons (Fsp3) is 0.302. The predicted molar refractivity (Wildman–Crippen MR) is 465 cm³/mol. The van der Waals surface area contributed by atoms with E-state index in [1.165, 1.54) is 51.1 Å². The molecule has 9 heteroatoms. The molecule has 0 spiro atoms. The molecule has 0 N–H and O–H groups in total. The Kier molecular flexibility index (Phi) is 21.3. The first-order valence-electron chi connectivity index (χ1n) is 41.8. The van der Waals surface area contributed by atoms with E-state index in [-0.39, 0.29) is 59.6 Å². The maximum Gasteiger partial charge on any atom is 0.160 e. The normalized spacial score (nSPS) is 22.0. The molecule has 1 heterocycles. The second-order valence-corrected chi connectivity index (χ2v) is 34.9. The predicted octanol–water partition coefficient (Wildman–Crippen LogP) is 27.5. The molecule has 0 saturated heterocycles. The Hall–Kier alpha value is -10.7. The highest BCUT2D eigenvalue weighted by molar-refractivity contribution is 5.94. The van der Waals surface area contributed by atoms with Crippen LogP contribution in [0.3, 0.4) is 0 Å². The molecule has 17 rings (SSSR count). The largest absolute Gasteiger partial charge is 0.494 e. The number of allylic oxidation sites excluding steroid dienone is 10. The number of ether oxygens (including phenoxy) is 2. The smallest absolute Gasteiger partial charge is 0.160 e. The number of unbranched alkanes of at least 4 members (excludes halogenated alkanes) is 2. The molecule has 0 amide bonds. The molecule has 0 aliphatic heterocycles. The van der Waals surface area contributed by atoms with Gasteiger partial charge in [0.15, 0.2) is 11.6 Å². The molecule has 9 aromatic carbocycles. The quantitative estimate of drug-likeness (QED) is 0.0342. The molecule has 584 valence electrons. The minimum absolute atomic E-state index is 0.0116. The van der Waals surface area contributed by atoms with Crippen LogP contribution in [0.25, 0.3) is 34.2 Å². The lowest BCUT2D eigenvalue weighted by Crippen LogP contribution is -2.49. The van der Waals surface area contributed by atoms with Crippen LogP contribution in [0.4, 0.5) is 34.6 Å². The van der Waals surface area contributed by atoms with E-state index in [1.54, 1.807) is 6.07 Å². The van der Waals surface area contributed by atoms with Crippen molar-refractivity contribution in [2.75, 3.05) is 23.0 Å². The van der Waals surface area contributed by atoms with Crippen LogP contribution in [0.2, 0.25) is 0 Å². The van der Waals surface area contributed by atoms with E-state index in [9.17, 15) is 0 Å². The van der Waals surface area contributed by atoms with Crippen LogP contribution >= 0.6 is 0 Å². The summed E-state index contributed by atoms with van der Waals surface area (Å²) in [6.45, 7) is 22.7. The molecule has 5 nitrogen and oxygen atoms in total. The van der Waals surface area contributed by atoms with Crippen LogP contribution in [0.5, 0.6) is 5.75 Å². The van der Waals surface area contributed by atoms with E-state index in [0.29, 0.717) is 43.7 Å². The summed E-state index contributed by atoms with van der Waals surface area (Å²) >= 11 is 0. The van der Waals surface area contributed by atoms with Gasteiger partial charge in [0.05, 0.1) is 18.1 Å². The second kappa shape index (κ2) is 31.8. The van der Waals surface area contributed by atoms with E-state index in [0.717, 1.165) is 142 Å². The number of benzene rings is 9. The maximum atomic E-state index is 16.4. The fourth-order valence-corrected chi connectivity index (χ4v) is 20.1. The van der Waals surface area contributed by atoms with Gasteiger partial charge in [-0.15, -0.1) is 0 Å². The zero-order valence-electron chi connectivity index (χ0n) is 67.2. The lowest BCUT2D eigenvalue weighted by atomic mass is 9.56. The SMILES string of the molecule is C=CC1=CCC(OCCCCC2=CCC(C3(c4ccc(C(C)(C)C)cc4)c4ccccc4C4C=CC(N(c5ccc6oc7c(c6c5)C=C(N(c5ccc(F)c(F)c5)c5ccc6c(c5)C(c5ccc(CCCCOc8ccc(C=C)cc8)cc5)(c5ccc(C(C)(C)C)cc5)c5ccccc5-6)CC7)C5CCC(F)=C(F)C5)CC43)C=C2)C=C1. The number of hydrogen-bond donors (Lipinski definition) is 0. The van der Waals surface area contributed by atoms with Gasteiger partial charge in [0.25, 0.3) is 0 Å². The number of fused-ring (bicyclic) bond motifs is 9. The van der Waals surface area contributed by atoms with Crippen molar-refractivity contribution in [3.05, 3.63) is 381 Å². The molecule has 8 atom stereocenters. The van der Waals surface area contributed by atoms with Crippen LogP contribution in [-0.4, -0.2) is 31.4 Å². The first-order valence-corrected chi connectivity index (χ1v) is 41.8. The molecule has 115 heavy (non-hydrogen) atoms. The molecule has 0 radical (unpaired) electrons. The highest BCUT2D eigenvalue weighted by atomic mass is 19.2. The van der Waals surface area contributed by atoms with Gasteiger partial charge in [-0.2, -0.15) is 0 Å². The third-order valence-electron chi connectivity index (χ3n) is 26.0. The molecule has 0 bridgehead atoms. The molecular weight excluding hydrogens is 1430 g/mol. The van der Waals surface area contributed by atoms with E-state index in [4.69, 9.17) is 13.9 Å². The number of nitrogens with zero attached hydrogens (tertiary/aromatic N) is 2. The van der Waals surface area contributed by atoms with Crippen molar-refractivity contribution in [3.8, 4) is 16.9 Å². The Morgan fingerprint density at radius 2 is 1.25 bits per heavy atom. The van der Waals surface area contributed by atoms with Gasteiger partial charge in [0.1, 0.15) is 28.7 Å². The highest BCUT2D eigenvalue weighted by Gasteiger charge is 2.58. The van der Waals surface area contributed by atoms with E-state index in [2.05, 4.69) is 277 Å². The Morgan fingerprint density at radius 3 is 1.96 bits per heavy atom. The molecule has 7 aliphatic rings. The average Bonchev–Trinajstić information content (AvgIpc) is 1.55. The van der Waals surface area contributed by atoms with Crippen molar-refractivity contribution in [1.29, 1.82) is 0 Å². The summed E-state index contributed by atoms with van der Waals surface area (Å²) in [6, 6.07) is 70.5. The van der Waals surface area contributed by atoms with Gasteiger partial charge in [0, 0.05) is 89.1 Å². The first kappa shape index (κ1) is 76.9. The standard InChI is InChI=1S/C106H104F4N2O3/c1-9-69-29-51-85(52-30-69)113-61-17-15-19-71-25-33-75(34-26-71)105(77-41-37-73(38-42-77)103(3,4)5)93-23-13-11-21-87(93)89-55-45-81(65-95(89)105)111(83-47-57-97(107)99(109)67-83)79-49-59-101-91(63-79)92-64-80(50-60-102(92)115-101)112(84-48-58-98(108)100(110)68-84)82-46-56-90-88-22-12-14-24-94(88)106(96(90)66-82,78-43-39-74(40-44-78)104(6,7)8)76-35-27-72(28-36-76)20-16-18-62-114-86-53-31-70(10-2)32-54-86/h9-14,21-35,37-47,50-53,55-57,60,63-65,67,76,82,84,86,90,96H,1-2,15-20,36,48-49,54,58-59,61-62,66,68H2,3-8H3. The van der Waals surface area contributed by atoms with Gasteiger partial charge in [0.2, 0.25) is 0 Å². The molecule has 7 aliphatic carbocycles. The van der Waals surface area contributed by atoms with Crippen LogP contribution in [-0.2, 0) is 39.2 Å². The maximum absolute atomic E-state index is 16.4. The number of furan rings is 1. The van der Waals surface area contributed by atoms with Crippen molar-refractivity contribution in [2.24, 2.45) is 11.8 Å². The summed E-state index contributed by atoms with van der Waals surface area (Å²) < 4.78 is 83.1. The Labute approximate surface area is 677 Å². The minimum atomic E-state index is -0.946. The van der Waals surface area contributed by atoms with E-state index >= 15 is 17.6 Å². The van der Waals surface area contributed by atoms with E-state index in [1.807, 2.05) is 36.4 Å². The van der Waals surface area contributed by atoms with Gasteiger partial charge in [-0.3, -0.25) is 0 Å². The molecule has 1 aromatic heterocycles. The topological polar surface area (TPSA) is 38.1 Å². The van der Waals surface area contributed by atoms with Crippen molar-refractivity contribution >= 4 is 40.2 Å². The third kappa shape index (κ3) is 14.6. The zero-order valence-corrected chi connectivity index (χ0v) is 67.2. The minimum Gasteiger partial charge on any atom is -0.494 e. The summed E-state index contributed by atoms with van der Waals surface area (Å²) in [5.74, 6) is -1.25. The number of hydrogen-bond acceptors (Lipinski definition) is 5. The first-order chi connectivity index (χ1) is 55.8. The number of halogens is 4. The molecular formula is C106H104F4N2O3. The fourth-order valence-electron chi connectivity index (χ4n) is 20.1. The van der Waals surface area contributed by atoms with Gasteiger partial charge < -0.3 is 23.7 Å². The Bertz CT molecular complexity index is 5560. The van der Waals surface area contributed by atoms with Crippen molar-refractivity contribution in [1.82, 2.24) is 0 Å². The second-order valence-electron chi connectivity index (χ2n) is 34.9. The zero-order chi connectivity index (χ0) is 79.3. The summed E-state index contributed by atoms with van der Waals surface area (Å²) in [4.78, 5) is 4.54. The summed E-state index contributed by atoms with van der Waals surface area (Å²) in [5.41, 5.74) is 21.3. The van der Waals surface area contributed by atoms with Crippen molar-refractivity contribution in [3.63, 3.8) is 0 Å². The number of anilines is 3. The van der Waals surface area contributed by atoms with Crippen LogP contribution in [0.15, 0.2) is 301 Å². The molecule has 8 unspecified atom stereocenters. The van der Waals surface area contributed by atoms with Crippen LogP contribution in [0.1, 0.15) is 197 Å². The third-order valence-corrected chi connectivity index (χ3v) is 26.0. The molecule has 10 aromatic rings. The van der Waals surface area contributed by atoms with Gasteiger partial charge in [-0.25, -0.2) is 17.6 Å². The molecule has 0 saturated carbocycles.